The Morgan fingerprint density at radius 1 is 0.862 bits per heavy atom. The van der Waals surface area contributed by atoms with Crippen LogP contribution in [0.1, 0.15) is 40.2 Å². The Balaban J connectivity index is 2.74. The van der Waals surface area contributed by atoms with Gasteiger partial charge in [-0.15, -0.1) is 0 Å². The molecule has 0 radical (unpaired) electrons. The normalized spacial score (nSPS) is 13.6. The molecule has 2 unspecified atom stereocenters. The Labute approximate surface area is 173 Å². The number of fused-ring (bicyclic) bond motifs is 1. The van der Waals surface area contributed by atoms with Crippen molar-refractivity contribution in [1.29, 1.82) is 0 Å². The number of aryl methyl sites for hydroxylation is 1. The lowest BCUT2D eigenvalue weighted by atomic mass is 10.0. The van der Waals surface area contributed by atoms with Gasteiger partial charge < -0.3 is 23.7 Å². The van der Waals surface area contributed by atoms with Crippen LogP contribution in [-0.2, 0) is 14.3 Å². The van der Waals surface area contributed by atoms with Crippen molar-refractivity contribution in [2.24, 2.45) is 11.8 Å². The molecule has 0 amide bonds. The topological polar surface area (TPSA) is 63.2 Å². The van der Waals surface area contributed by atoms with Crippen molar-refractivity contribution in [2.75, 3.05) is 14.2 Å². The Morgan fingerprint density at radius 3 is 1.97 bits per heavy atom. The molecule has 0 bridgehead atoms. The van der Waals surface area contributed by atoms with E-state index in [1.54, 1.807) is 14.2 Å². The first-order valence-electron chi connectivity index (χ1n) is 9.82. The quantitative estimate of drug-likeness (QED) is 0.330. The van der Waals surface area contributed by atoms with Crippen molar-refractivity contribution in [3.05, 3.63) is 29.8 Å². The zero-order valence-corrected chi connectivity index (χ0v) is 18.6. The van der Waals surface area contributed by atoms with Gasteiger partial charge in [0.1, 0.15) is 0 Å². The molecule has 0 N–H and O–H groups in total. The molecule has 2 aromatic rings. The second-order valence-electron chi connectivity index (χ2n) is 7.78. The number of benzene rings is 2. The molecule has 0 aromatic heterocycles. The minimum Gasteiger partial charge on any atom is -0.461 e. The van der Waals surface area contributed by atoms with Crippen LogP contribution >= 0.6 is 0 Å². The van der Waals surface area contributed by atoms with Crippen molar-refractivity contribution in [2.45, 2.75) is 54.1 Å². The van der Waals surface area contributed by atoms with E-state index in [0.29, 0.717) is 17.2 Å². The summed E-state index contributed by atoms with van der Waals surface area (Å²) in [6.07, 6.45) is -1.04. The van der Waals surface area contributed by atoms with E-state index in [1.165, 1.54) is 6.92 Å². The number of rotatable bonds is 9. The van der Waals surface area contributed by atoms with Crippen LogP contribution in [0.3, 0.4) is 0 Å². The number of carbonyl (C=O) groups is 1. The average molecular weight is 405 g/mol. The second kappa shape index (κ2) is 9.94. The molecule has 0 spiro atoms. The Kier molecular flexibility index (Phi) is 7.88. The Hall–Kier alpha value is -2.31. The molecular weight excluding hydrogens is 372 g/mol. The summed E-state index contributed by atoms with van der Waals surface area (Å²) < 4.78 is 28.9. The fourth-order valence-electron chi connectivity index (χ4n) is 3.03. The summed E-state index contributed by atoms with van der Waals surface area (Å²) >= 11 is 0. The lowest BCUT2D eigenvalue weighted by molar-refractivity contribution is -0.132. The maximum atomic E-state index is 11.9. The zero-order valence-electron chi connectivity index (χ0n) is 18.6. The summed E-state index contributed by atoms with van der Waals surface area (Å²) in [5, 5.41) is 1.63. The van der Waals surface area contributed by atoms with Gasteiger partial charge in [0.2, 0.25) is 18.3 Å². The number of esters is 1. The highest BCUT2D eigenvalue weighted by Gasteiger charge is 2.26. The van der Waals surface area contributed by atoms with Crippen LogP contribution in [0.2, 0.25) is 0 Å². The van der Waals surface area contributed by atoms with Gasteiger partial charge in [0.05, 0.1) is 0 Å². The molecule has 0 aliphatic heterocycles. The fraction of sp³-hybridized carbons (Fsp3) is 0.522. The third-order valence-corrected chi connectivity index (χ3v) is 4.45. The van der Waals surface area contributed by atoms with Gasteiger partial charge in [0, 0.05) is 38.4 Å². The van der Waals surface area contributed by atoms with E-state index in [0.717, 1.165) is 16.3 Å². The van der Waals surface area contributed by atoms with Crippen LogP contribution in [0.4, 0.5) is 0 Å². The number of ether oxygens (including phenoxy) is 5. The zero-order chi connectivity index (χ0) is 21.7. The first-order chi connectivity index (χ1) is 13.7. The molecule has 0 fully saturated rings. The molecule has 2 rings (SSSR count). The summed E-state index contributed by atoms with van der Waals surface area (Å²) in [6.45, 7) is 11.3. The van der Waals surface area contributed by atoms with E-state index in [-0.39, 0.29) is 11.8 Å². The van der Waals surface area contributed by atoms with E-state index < -0.39 is 18.5 Å². The smallest absolute Gasteiger partial charge is 0.308 e. The van der Waals surface area contributed by atoms with Gasteiger partial charge >= 0.3 is 5.97 Å². The third kappa shape index (κ3) is 5.61. The molecule has 2 atom stereocenters. The SMILES string of the molecule is COC(Oc1cc2ccc(C)cc2c(OC(C)=O)c1OC(OC)C(C)C)C(C)C. The summed E-state index contributed by atoms with van der Waals surface area (Å²) in [7, 11) is 3.17. The first kappa shape index (κ1) is 23.0. The average Bonchev–Trinajstić information content (AvgIpc) is 2.64. The maximum Gasteiger partial charge on any atom is 0.308 e. The lowest BCUT2D eigenvalue weighted by Gasteiger charge is -2.27. The van der Waals surface area contributed by atoms with Gasteiger partial charge in [0.25, 0.3) is 0 Å². The van der Waals surface area contributed by atoms with E-state index in [9.17, 15) is 4.79 Å². The van der Waals surface area contributed by atoms with Crippen LogP contribution in [-0.4, -0.2) is 32.8 Å². The van der Waals surface area contributed by atoms with Crippen molar-refractivity contribution in [3.63, 3.8) is 0 Å². The van der Waals surface area contributed by atoms with Crippen molar-refractivity contribution < 1.29 is 28.5 Å². The number of methoxy groups -OCH3 is 2. The van der Waals surface area contributed by atoms with Crippen molar-refractivity contribution in [1.82, 2.24) is 0 Å². The molecule has 0 heterocycles. The van der Waals surface area contributed by atoms with Crippen LogP contribution in [0.15, 0.2) is 24.3 Å². The Bertz CT molecular complexity index is 843. The van der Waals surface area contributed by atoms with Crippen LogP contribution < -0.4 is 14.2 Å². The van der Waals surface area contributed by atoms with Gasteiger partial charge in [-0.2, -0.15) is 0 Å². The second-order valence-corrected chi connectivity index (χ2v) is 7.78. The monoisotopic (exact) mass is 404 g/mol. The molecule has 0 saturated carbocycles. The minimum atomic E-state index is -0.547. The largest absolute Gasteiger partial charge is 0.461 e. The van der Waals surface area contributed by atoms with E-state index >= 15 is 0 Å². The molecule has 6 heteroatoms. The summed E-state index contributed by atoms with van der Waals surface area (Å²) in [5.74, 6) is 0.787. The van der Waals surface area contributed by atoms with Crippen molar-refractivity contribution in [3.8, 4) is 17.2 Å². The minimum absolute atomic E-state index is 0.0644. The summed E-state index contributed by atoms with van der Waals surface area (Å²) in [6, 6.07) is 7.78. The molecule has 2 aromatic carbocycles. The molecule has 0 saturated heterocycles. The highest BCUT2D eigenvalue weighted by molar-refractivity contribution is 5.95. The van der Waals surface area contributed by atoms with E-state index in [2.05, 4.69) is 0 Å². The highest BCUT2D eigenvalue weighted by Crippen LogP contribution is 2.46. The molecule has 6 nitrogen and oxygen atoms in total. The highest BCUT2D eigenvalue weighted by atomic mass is 16.7. The first-order valence-corrected chi connectivity index (χ1v) is 9.82. The predicted octanol–water partition coefficient (Wildman–Crippen LogP) is 5.09. The molecule has 0 aliphatic rings. The van der Waals surface area contributed by atoms with Gasteiger partial charge in [-0.05, 0) is 24.4 Å². The van der Waals surface area contributed by atoms with Crippen LogP contribution in [0.25, 0.3) is 10.8 Å². The number of hydrogen-bond acceptors (Lipinski definition) is 6. The van der Waals surface area contributed by atoms with Crippen LogP contribution in [0, 0.1) is 18.8 Å². The van der Waals surface area contributed by atoms with E-state index in [4.69, 9.17) is 23.7 Å². The maximum absolute atomic E-state index is 11.9. The van der Waals surface area contributed by atoms with Crippen molar-refractivity contribution >= 4 is 16.7 Å². The van der Waals surface area contributed by atoms with Gasteiger partial charge in [-0.1, -0.05) is 45.4 Å². The molecule has 160 valence electrons. The van der Waals surface area contributed by atoms with Gasteiger partial charge in [0.15, 0.2) is 11.5 Å². The fourth-order valence-corrected chi connectivity index (χ4v) is 3.03. The lowest BCUT2D eigenvalue weighted by Crippen LogP contribution is -2.28. The molecular formula is C23H32O6. The standard InChI is InChI=1S/C23H32O6/c1-13(2)22(25-7)28-19-12-17-10-9-15(5)11-18(17)20(27-16(6)24)21(19)29-23(26-8)14(3)4/h9-14,22-23H,1-8H3. The third-order valence-electron chi connectivity index (χ3n) is 4.45. The predicted molar refractivity (Wildman–Crippen MR) is 113 cm³/mol. The Morgan fingerprint density at radius 2 is 1.45 bits per heavy atom. The summed E-state index contributed by atoms with van der Waals surface area (Å²) in [5.41, 5.74) is 1.04. The number of carbonyl (C=O) groups excluding carboxylic acids is 1. The van der Waals surface area contributed by atoms with Gasteiger partial charge in [-0.3, -0.25) is 4.79 Å². The molecule has 29 heavy (non-hydrogen) atoms. The van der Waals surface area contributed by atoms with Crippen LogP contribution in [0.5, 0.6) is 17.2 Å². The number of hydrogen-bond donors (Lipinski definition) is 0. The van der Waals surface area contributed by atoms with Gasteiger partial charge in [-0.25, -0.2) is 0 Å². The van der Waals surface area contributed by atoms with E-state index in [1.807, 2.05) is 58.9 Å². The molecule has 0 aliphatic carbocycles. The summed E-state index contributed by atoms with van der Waals surface area (Å²) in [4.78, 5) is 11.9.